The van der Waals surface area contributed by atoms with Crippen molar-refractivity contribution in [2.45, 2.75) is 5.92 Å². The molecule has 3 aromatic carbocycles. The third-order valence-electron chi connectivity index (χ3n) is 5.98. The Morgan fingerprint density at radius 1 is 0.630 bits per heavy atom. The lowest BCUT2D eigenvalue weighted by Gasteiger charge is -2.23. The quantitative estimate of drug-likeness (QED) is 0.573. The number of carbonyl (C=O) groups is 1. The van der Waals surface area contributed by atoms with Gasteiger partial charge in [0, 0.05) is 17.9 Å². The number of carbonyl (C=O) groups excluding carboxylic acids is 1. The molecule has 0 aromatic heterocycles. The third-order valence-corrected chi connectivity index (χ3v) is 5.98. The molecule has 1 nitrogen and oxygen atoms in total. The second-order valence-electron chi connectivity index (χ2n) is 7.34. The summed E-state index contributed by atoms with van der Waals surface area (Å²) in [4.78, 5) is 13.5. The Morgan fingerprint density at radius 3 is 1.89 bits per heavy atom. The molecule has 2 radical (unpaired) electrons. The van der Waals surface area contributed by atoms with Crippen LogP contribution in [-0.4, -0.2) is 5.78 Å². The standard InChI is InChI=1S/C26H16O/c27-26-23(14-13-20-17-8-2-1-7-16(17)15-24(20)26)25-21-11-5-3-9-18(21)19-10-4-6-12-22(19)25/h1-14,24-25H. The van der Waals surface area contributed by atoms with Gasteiger partial charge in [-0.05, 0) is 39.0 Å². The first-order valence-corrected chi connectivity index (χ1v) is 9.33. The first kappa shape index (κ1) is 14.9. The van der Waals surface area contributed by atoms with Gasteiger partial charge in [0.1, 0.15) is 0 Å². The first-order chi connectivity index (χ1) is 13.3. The average molecular weight is 344 g/mol. The molecule has 0 saturated heterocycles. The second-order valence-corrected chi connectivity index (χ2v) is 7.34. The molecule has 0 aliphatic heterocycles. The zero-order valence-corrected chi connectivity index (χ0v) is 14.6. The van der Waals surface area contributed by atoms with Crippen molar-refractivity contribution in [1.29, 1.82) is 0 Å². The normalized spacial score (nSPS) is 19.7. The molecule has 126 valence electrons. The van der Waals surface area contributed by atoms with Gasteiger partial charge in [-0.15, -0.1) is 0 Å². The van der Waals surface area contributed by atoms with Crippen LogP contribution in [0.4, 0.5) is 0 Å². The number of hydrogen-bond acceptors (Lipinski definition) is 1. The third kappa shape index (κ3) is 1.97. The molecular formula is C26H16O. The van der Waals surface area contributed by atoms with Crippen LogP contribution in [0.25, 0.3) is 16.7 Å². The van der Waals surface area contributed by atoms with Crippen LogP contribution in [0.2, 0.25) is 0 Å². The lowest BCUT2D eigenvalue weighted by molar-refractivity contribution is -0.117. The van der Waals surface area contributed by atoms with E-state index in [1.165, 1.54) is 22.3 Å². The Labute approximate surface area is 158 Å². The molecule has 6 rings (SSSR count). The van der Waals surface area contributed by atoms with Crippen molar-refractivity contribution in [3.05, 3.63) is 119 Å². The van der Waals surface area contributed by atoms with E-state index < -0.39 is 0 Å². The lowest BCUT2D eigenvalue weighted by atomic mass is 9.78. The van der Waals surface area contributed by atoms with Crippen LogP contribution in [-0.2, 0) is 4.79 Å². The number of hydrogen-bond donors (Lipinski definition) is 0. The number of fused-ring (bicyclic) bond motifs is 6. The minimum Gasteiger partial charge on any atom is -0.294 e. The molecule has 3 aliphatic rings. The Hall–Kier alpha value is -3.19. The molecule has 3 aromatic rings. The van der Waals surface area contributed by atoms with Crippen LogP contribution in [0.15, 0.2) is 90.5 Å². The summed E-state index contributed by atoms with van der Waals surface area (Å²) in [5, 5.41) is 0. The fourth-order valence-corrected chi connectivity index (χ4v) is 4.80. The number of Topliss-reactive ketones (excluding diaryl/α,β-unsaturated/α-hetero) is 1. The van der Waals surface area contributed by atoms with Crippen LogP contribution in [0, 0.1) is 12.3 Å². The highest BCUT2D eigenvalue weighted by atomic mass is 16.1. The van der Waals surface area contributed by atoms with Crippen LogP contribution in [0.3, 0.4) is 0 Å². The summed E-state index contributed by atoms with van der Waals surface area (Å²) in [6, 6.07) is 25.1. The Bertz CT molecular complexity index is 1130. The summed E-state index contributed by atoms with van der Waals surface area (Å²) in [7, 11) is 0. The monoisotopic (exact) mass is 344 g/mol. The number of rotatable bonds is 1. The van der Waals surface area contributed by atoms with Gasteiger partial charge >= 0.3 is 0 Å². The van der Waals surface area contributed by atoms with Crippen molar-refractivity contribution < 1.29 is 4.79 Å². The van der Waals surface area contributed by atoms with E-state index in [-0.39, 0.29) is 17.6 Å². The zero-order chi connectivity index (χ0) is 18.0. The van der Waals surface area contributed by atoms with Gasteiger partial charge in [-0.25, -0.2) is 0 Å². The van der Waals surface area contributed by atoms with E-state index in [1.807, 2.05) is 24.3 Å². The number of benzene rings is 3. The zero-order valence-electron chi connectivity index (χ0n) is 14.6. The molecular weight excluding hydrogens is 328 g/mol. The molecule has 1 heteroatoms. The molecule has 3 aliphatic carbocycles. The maximum atomic E-state index is 13.5. The predicted molar refractivity (Wildman–Crippen MR) is 107 cm³/mol. The van der Waals surface area contributed by atoms with E-state index >= 15 is 0 Å². The van der Waals surface area contributed by atoms with Gasteiger partial charge in [-0.3, -0.25) is 4.79 Å². The maximum Gasteiger partial charge on any atom is 0.168 e. The van der Waals surface area contributed by atoms with Crippen LogP contribution in [0.5, 0.6) is 0 Å². The summed E-state index contributed by atoms with van der Waals surface area (Å²) in [6.45, 7) is 0. The van der Waals surface area contributed by atoms with Gasteiger partial charge in [0.15, 0.2) is 5.78 Å². The summed E-state index contributed by atoms with van der Waals surface area (Å²) in [6.07, 6.45) is 7.60. The molecule has 1 unspecified atom stereocenters. The van der Waals surface area contributed by atoms with Crippen molar-refractivity contribution in [3.8, 4) is 11.1 Å². The molecule has 0 saturated carbocycles. The molecule has 0 amide bonds. The van der Waals surface area contributed by atoms with E-state index in [0.717, 1.165) is 22.3 Å². The lowest BCUT2D eigenvalue weighted by Crippen LogP contribution is -2.22. The average Bonchev–Trinajstić information content (AvgIpc) is 3.25. The van der Waals surface area contributed by atoms with Crippen molar-refractivity contribution in [2.24, 2.45) is 5.92 Å². The van der Waals surface area contributed by atoms with Gasteiger partial charge < -0.3 is 0 Å². The van der Waals surface area contributed by atoms with Gasteiger partial charge in [0.2, 0.25) is 0 Å². The van der Waals surface area contributed by atoms with E-state index in [0.29, 0.717) is 0 Å². The maximum absolute atomic E-state index is 13.5. The first-order valence-electron chi connectivity index (χ1n) is 9.33. The molecule has 0 fully saturated rings. The molecule has 0 heterocycles. The van der Waals surface area contributed by atoms with Crippen molar-refractivity contribution in [1.82, 2.24) is 0 Å². The van der Waals surface area contributed by atoms with E-state index in [1.54, 1.807) is 0 Å². The molecule has 0 N–H and O–H groups in total. The van der Waals surface area contributed by atoms with Gasteiger partial charge in [0.05, 0.1) is 5.92 Å². The molecule has 1 atom stereocenters. The Kier molecular flexibility index (Phi) is 2.99. The van der Waals surface area contributed by atoms with Gasteiger partial charge in [-0.2, -0.15) is 0 Å². The predicted octanol–water partition coefficient (Wildman–Crippen LogP) is 5.45. The topological polar surface area (TPSA) is 17.1 Å². The van der Waals surface area contributed by atoms with Crippen LogP contribution in [0.1, 0.15) is 28.2 Å². The molecule has 27 heavy (non-hydrogen) atoms. The van der Waals surface area contributed by atoms with Crippen LogP contribution < -0.4 is 0 Å². The smallest absolute Gasteiger partial charge is 0.168 e. The number of ketones is 1. The van der Waals surface area contributed by atoms with Crippen molar-refractivity contribution >= 4 is 11.4 Å². The largest absolute Gasteiger partial charge is 0.294 e. The highest BCUT2D eigenvalue weighted by molar-refractivity contribution is 6.12. The molecule has 0 bridgehead atoms. The summed E-state index contributed by atoms with van der Waals surface area (Å²) >= 11 is 0. The number of allylic oxidation sites excluding steroid dienone is 4. The second kappa shape index (κ2) is 5.40. The molecule has 0 spiro atoms. The fraction of sp³-hybridized carbons (Fsp3) is 0.0769. The highest BCUT2D eigenvalue weighted by Crippen LogP contribution is 2.51. The highest BCUT2D eigenvalue weighted by Gasteiger charge is 2.41. The van der Waals surface area contributed by atoms with E-state index in [2.05, 4.69) is 67.1 Å². The van der Waals surface area contributed by atoms with Crippen LogP contribution >= 0.6 is 0 Å². The summed E-state index contributed by atoms with van der Waals surface area (Å²) in [5.41, 5.74) is 9.08. The van der Waals surface area contributed by atoms with Gasteiger partial charge in [-0.1, -0.05) is 84.9 Å². The Balaban J connectivity index is 1.52. The summed E-state index contributed by atoms with van der Waals surface area (Å²) < 4.78 is 0. The minimum atomic E-state index is -0.276. The Morgan fingerprint density at radius 2 is 1.19 bits per heavy atom. The minimum absolute atomic E-state index is 0.00760. The van der Waals surface area contributed by atoms with E-state index in [4.69, 9.17) is 0 Å². The van der Waals surface area contributed by atoms with Gasteiger partial charge in [0.25, 0.3) is 0 Å². The van der Waals surface area contributed by atoms with Crippen molar-refractivity contribution in [3.63, 3.8) is 0 Å². The SMILES string of the molecule is O=C1C(C2c3ccccc3-c3ccccc32)=CC=C2c3ccccc3[C]C12. The fourth-order valence-electron chi connectivity index (χ4n) is 4.80. The van der Waals surface area contributed by atoms with Crippen molar-refractivity contribution in [2.75, 3.05) is 0 Å². The van der Waals surface area contributed by atoms with E-state index in [9.17, 15) is 4.79 Å². The summed E-state index contributed by atoms with van der Waals surface area (Å²) in [5.74, 6) is -0.0873.